The fraction of sp³-hybridized carbons (Fsp3) is 0.583. The van der Waals surface area contributed by atoms with E-state index >= 15 is 0 Å². The van der Waals surface area contributed by atoms with Gasteiger partial charge in [-0.2, -0.15) is 9.97 Å². The summed E-state index contributed by atoms with van der Waals surface area (Å²) in [5.41, 5.74) is 7.23. The third kappa shape index (κ3) is 2.38. The number of rotatable bonds is 4. The number of aromatic nitrogens is 4. The lowest BCUT2D eigenvalue weighted by Gasteiger charge is -2.25. The highest BCUT2D eigenvalue weighted by Crippen LogP contribution is 2.38. The summed E-state index contributed by atoms with van der Waals surface area (Å²) in [6.45, 7) is 0.944. The van der Waals surface area contributed by atoms with Gasteiger partial charge in [0.1, 0.15) is 17.8 Å². The van der Waals surface area contributed by atoms with Crippen LogP contribution in [0, 0.1) is 0 Å². The SMILES string of the molecule is CONc1nc(N)nc2c1ncn2[C@@H]1O[C@H](CO)[C@@](C)(O)[C@H]1O. The van der Waals surface area contributed by atoms with Crippen molar-refractivity contribution in [3.63, 3.8) is 0 Å². The molecule has 1 aliphatic rings. The molecule has 0 bridgehead atoms. The van der Waals surface area contributed by atoms with E-state index in [4.69, 9.17) is 15.3 Å². The van der Waals surface area contributed by atoms with E-state index in [2.05, 4.69) is 20.4 Å². The second-order valence-electron chi connectivity index (χ2n) is 5.43. The second kappa shape index (κ2) is 5.54. The van der Waals surface area contributed by atoms with Crippen LogP contribution >= 0.6 is 0 Å². The van der Waals surface area contributed by atoms with Gasteiger partial charge in [0.2, 0.25) is 5.95 Å². The molecule has 0 radical (unpaired) electrons. The Labute approximate surface area is 130 Å². The molecule has 1 saturated heterocycles. The summed E-state index contributed by atoms with van der Waals surface area (Å²) < 4.78 is 6.97. The van der Waals surface area contributed by atoms with Crippen molar-refractivity contribution in [2.75, 3.05) is 24.9 Å². The van der Waals surface area contributed by atoms with Gasteiger partial charge in [-0.3, -0.25) is 9.40 Å². The van der Waals surface area contributed by atoms with Gasteiger partial charge in [0.15, 0.2) is 23.2 Å². The molecule has 6 N–H and O–H groups in total. The molecule has 3 rings (SSSR count). The summed E-state index contributed by atoms with van der Waals surface area (Å²) in [4.78, 5) is 17.0. The summed E-state index contributed by atoms with van der Waals surface area (Å²) in [5, 5.41) is 30.0. The number of nitrogen functional groups attached to an aromatic ring is 1. The Morgan fingerprint density at radius 1 is 1.52 bits per heavy atom. The first-order valence-corrected chi connectivity index (χ1v) is 6.86. The number of aliphatic hydroxyl groups is 3. The molecule has 0 amide bonds. The van der Waals surface area contributed by atoms with Crippen molar-refractivity contribution in [2.24, 2.45) is 0 Å². The summed E-state index contributed by atoms with van der Waals surface area (Å²) in [6, 6.07) is 0. The Balaban J connectivity index is 2.08. The number of hydrogen-bond acceptors (Lipinski definition) is 10. The minimum Gasteiger partial charge on any atom is -0.394 e. The van der Waals surface area contributed by atoms with Gasteiger partial charge in [0, 0.05) is 0 Å². The van der Waals surface area contributed by atoms with Crippen LogP contribution in [-0.2, 0) is 9.57 Å². The van der Waals surface area contributed by atoms with Gasteiger partial charge in [0.05, 0.1) is 20.0 Å². The van der Waals surface area contributed by atoms with Crippen molar-refractivity contribution < 1.29 is 24.9 Å². The first-order valence-electron chi connectivity index (χ1n) is 6.86. The third-order valence-electron chi connectivity index (χ3n) is 3.90. The maximum atomic E-state index is 10.3. The zero-order valence-corrected chi connectivity index (χ0v) is 12.5. The zero-order valence-electron chi connectivity index (χ0n) is 12.5. The number of aliphatic hydroxyl groups excluding tert-OH is 2. The molecular formula is C12H18N6O5. The molecule has 126 valence electrons. The average molecular weight is 326 g/mol. The second-order valence-corrected chi connectivity index (χ2v) is 5.43. The summed E-state index contributed by atoms with van der Waals surface area (Å²) in [6.07, 6.45) is -1.86. The molecule has 1 fully saturated rings. The highest BCUT2D eigenvalue weighted by molar-refractivity contribution is 5.83. The van der Waals surface area contributed by atoms with Crippen LogP contribution in [0.25, 0.3) is 11.2 Å². The molecule has 0 aromatic carbocycles. The summed E-state index contributed by atoms with van der Waals surface area (Å²) in [5.74, 6) is 0.225. The standard InChI is InChI=1S/C12H18N6O5/c1-12(21)5(3-19)23-10(7(12)20)18-4-14-6-8(17-22-2)15-11(13)16-9(6)18/h4-5,7,10,19-21H,3H2,1-2H3,(H3,13,15,16,17)/t5-,7+,10-,12-/m1/s1. The number of nitrogens with zero attached hydrogens (tertiary/aromatic N) is 4. The number of nitrogens with two attached hydrogens (primary N) is 1. The Hall–Kier alpha value is -2.05. The molecule has 1 aliphatic heterocycles. The van der Waals surface area contributed by atoms with E-state index in [-0.39, 0.29) is 17.4 Å². The quantitative estimate of drug-likeness (QED) is 0.413. The minimum absolute atomic E-state index is 0.0308. The highest BCUT2D eigenvalue weighted by atomic mass is 16.6. The normalized spacial score (nSPS) is 30.9. The van der Waals surface area contributed by atoms with E-state index < -0.39 is 30.6 Å². The minimum atomic E-state index is -1.62. The fourth-order valence-corrected chi connectivity index (χ4v) is 2.59. The van der Waals surface area contributed by atoms with E-state index in [1.807, 2.05) is 0 Å². The molecule has 0 spiro atoms. The van der Waals surface area contributed by atoms with Gasteiger partial charge in [-0.15, -0.1) is 0 Å². The predicted molar refractivity (Wildman–Crippen MR) is 78.0 cm³/mol. The Morgan fingerprint density at radius 3 is 2.87 bits per heavy atom. The topological polar surface area (TPSA) is 161 Å². The van der Waals surface area contributed by atoms with Crippen molar-refractivity contribution in [3.8, 4) is 0 Å². The van der Waals surface area contributed by atoms with Crippen LogP contribution in [0.1, 0.15) is 13.2 Å². The van der Waals surface area contributed by atoms with Crippen molar-refractivity contribution in [3.05, 3.63) is 6.33 Å². The molecule has 2 aromatic heterocycles. The maximum absolute atomic E-state index is 10.3. The van der Waals surface area contributed by atoms with Gasteiger partial charge in [-0.25, -0.2) is 10.5 Å². The van der Waals surface area contributed by atoms with Crippen molar-refractivity contribution in [1.82, 2.24) is 19.5 Å². The molecule has 23 heavy (non-hydrogen) atoms. The molecule has 0 unspecified atom stereocenters. The molecule has 2 aromatic rings. The van der Waals surface area contributed by atoms with Gasteiger partial charge in [-0.05, 0) is 6.92 Å². The number of imidazole rings is 1. The molecule has 0 aliphatic carbocycles. The number of hydrogen-bond donors (Lipinski definition) is 5. The van der Waals surface area contributed by atoms with Crippen LogP contribution in [0.3, 0.4) is 0 Å². The fourth-order valence-electron chi connectivity index (χ4n) is 2.59. The number of nitrogens with one attached hydrogen (secondary N) is 1. The van der Waals surface area contributed by atoms with E-state index in [0.717, 1.165) is 0 Å². The van der Waals surface area contributed by atoms with E-state index in [1.165, 1.54) is 24.9 Å². The Morgan fingerprint density at radius 2 is 2.26 bits per heavy atom. The lowest BCUT2D eigenvalue weighted by atomic mass is 9.95. The van der Waals surface area contributed by atoms with Crippen LogP contribution in [0.2, 0.25) is 0 Å². The number of fused-ring (bicyclic) bond motifs is 1. The van der Waals surface area contributed by atoms with Gasteiger partial charge in [0.25, 0.3) is 0 Å². The maximum Gasteiger partial charge on any atom is 0.224 e. The molecule has 11 nitrogen and oxygen atoms in total. The monoisotopic (exact) mass is 326 g/mol. The van der Waals surface area contributed by atoms with E-state index in [9.17, 15) is 15.3 Å². The first-order chi connectivity index (χ1) is 10.9. The first kappa shape index (κ1) is 15.8. The molecule has 3 heterocycles. The lowest BCUT2D eigenvalue weighted by Crippen LogP contribution is -2.46. The predicted octanol–water partition coefficient (Wildman–Crippen LogP) is -1.62. The zero-order chi connectivity index (χ0) is 16.8. The highest BCUT2D eigenvalue weighted by Gasteiger charge is 2.52. The lowest BCUT2D eigenvalue weighted by molar-refractivity contribution is -0.0804. The Bertz CT molecular complexity index is 719. The number of anilines is 2. The van der Waals surface area contributed by atoms with Crippen LogP contribution in [0.4, 0.5) is 11.8 Å². The summed E-state index contributed by atoms with van der Waals surface area (Å²) in [7, 11) is 1.41. The van der Waals surface area contributed by atoms with Crippen molar-refractivity contribution >= 4 is 22.9 Å². The molecule has 11 heteroatoms. The molecule has 0 saturated carbocycles. The summed E-state index contributed by atoms with van der Waals surface area (Å²) >= 11 is 0. The van der Waals surface area contributed by atoms with Crippen molar-refractivity contribution in [1.29, 1.82) is 0 Å². The van der Waals surface area contributed by atoms with Crippen LogP contribution in [-0.4, -0.2) is 66.4 Å². The van der Waals surface area contributed by atoms with Gasteiger partial charge >= 0.3 is 0 Å². The molecular weight excluding hydrogens is 308 g/mol. The van der Waals surface area contributed by atoms with Crippen molar-refractivity contribution in [2.45, 2.75) is 31.0 Å². The van der Waals surface area contributed by atoms with Crippen LogP contribution in [0.15, 0.2) is 6.33 Å². The van der Waals surface area contributed by atoms with E-state index in [0.29, 0.717) is 5.52 Å². The van der Waals surface area contributed by atoms with Gasteiger partial charge in [-0.1, -0.05) is 0 Å². The van der Waals surface area contributed by atoms with Gasteiger partial charge < -0.3 is 25.8 Å². The van der Waals surface area contributed by atoms with E-state index in [1.54, 1.807) is 0 Å². The third-order valence-corrected chi connectivity index (χ3v) is 3.90. The van der Waals surface area contributed by atoms with Crippen LogP contribution < -0.4 is 11.2 Å². The average Bonchev–Trinajstić information content (AvgIpc) is 3.00. The molecule has 4 atom stereocenters. The Kier molecular flexibility index (Phi) is 3.82. The number of ether oxygens (including phenoxy) is 1. The smallest absolute Gasteiger partial charge is 0.224 e. The van der Waals surface area contributed by atoms with Crippen LogP contribution in [0.5, 0.6) is 0 Å². The largest absolute Gasteiger partial charge is 0.394 e.